The van der Waals surface area contributed by atoms with Gasteiger partial charge in [0.2, 0.25) is 0 Å². The van der Waals surface area contributed by atoms with Crippen molar-refractivity contribution in [2.45, 2.75) is 46.8 Å². The van der Waals surface area contributed by atoms with Crippen LogP contribution in [0.25, 0.3) is 11.3 Å². The molecule has 1 aromatic carbocycles. The number of aryl methyl sites for hydroxylation is 2. The number of hydrogen-bond donors (Lipinski definition) is 5. The van der Waals surface area contributed by atoms with Crippen molar-refractivity contribution >= 4 is 17.9 Å². The highest BCUT2D eigenvalue weighted by molar-refractivity contribution is 6.05. The Bertz CT molecular complexity index is 1310. The number of nitrogens with two attached hydrogens (primary N) is 1. The van der Waals surface area contributed by atoms with Crippen LogP contribution in [0, 0.1) is 19.3 Å². The van der Waals surface area contributed by atoms with Crippen molar-refractivity contribution in [3.8, 4) is 11.3 Å². The van der Waals surface area contributed by atoms with Crippen LogP contribution in [0.1, 0.15) is 52.2 Å². The zero-order chi connectivity index (χ0) is 27.1. The number of aromatic nitrogens is 2. The van der Waals surface area contributed by atoms with Crippen molar-refractivity contribution in [3.63, 3.8) is 0 Å². The molecule has 0 atom stereocenters. The minimum atomic E-state index is -0.381. The average Bonchev–Trinajstić information content (AvgIpc) is 2.83. The number of H-pyrrole nitrogens is 1. The Morgan fingerprint density at radius 2 is 1.92 bits per heavy atom. The second-order valence-corrected chi connectivity index (χ2v) is 9.61. The minimum absolute atomic E-state index is 0.0478. The van der Waals surface area contributed by atoms with Crippen molar-refractivity contribution < 1.29 is 4.79 Å². The van der Waals surface area contributed by atoms with Crippen LogP contribution in [0.5, 0.6) is 0 Å². The van der Waals surface area contributed by atoms with E-state index in [0.29, 0.717) is 34.7 Å². The molecule has 2 aromatic heterocycles. The molecule has 0 aliphatic carbocycles. The molecule has 3 rings (SSSR count). The molecule has 0 aliphatic rings. The molecule has 0 saturated heterocycles. The molecule has 9 heteroatoms. The third-order valence-electron chi connectivity index (χ3n) is 6.01. The Hall–Kier alpha value is -3.82. The van der Waals surface area contributed by atoms with E-state index in [1.165, 1.54) is 0 Å². The van der Waals surface area contributed by atoms with E-state index in [-0.39, 0.29) is 24.1 Å². The summed E-state index contributed by atoms with van der Waals surface area (Å²) in [6.45, 7) is 9.88. The summed E-state index contributed by atoms with van der Waals surface area (Å²) >= 11 is 0. The Labute approximate surface area is 218 Å². The number of nitrogens with one attached hydrogen (secondary N) is 4. The number of likely N-dealkylation sites (N-methyl/N-ethyl adjacent to an activating group) is 1. The summed E-state index contributed by atoms with van der Waals surface area (Å²) in [6, 6.07) is 11.7. The Balaban J connectivity index is 1.96. The van der Waals surface area contributed by atoms with Gasteiger partial charge in [-0.15, -0.1) is 0 Å². The number of hydrogen-bond acceptors (Lipinski definition) is 7. The van der Waals surface area contributed by atoms with Gasteiger partial charge in [0.25, 0.3) is 11.5 Å². The van der Waals surface area contributed by atoms with Crippen LogP contribution in [0.2, 0.25) is 0 Å². The average molecular weight is 504 g/mol. The quantitative estimate of drug-likeness (QED) is 0.255. The molecule has 0 bridgehead atoms. The summed E-state index contributed by atoms with van der Waals surface area (Å²) in [5, 5.41) is 14.1. The molecular formula is C28H37N7O2. The molecule has 0 saturated carbocycles. The van der Waals surface area contributed by atoms with Gasteiger partial charge in [-0.05, 0) is 58.0 Å². The molecule has 6 N–H and O–H groups in total. The van der Waals surface area contributed by atoms with E-state index < -0.39 is 0 Å². The summed E-state index contributed by atoms with van der Waals surface area (Å²) < 4.78 is 0. The first-order chi connectivity index (χ1) is 17.6. The van der Waals surface area contributed by atoms with Crippen molar-refractivity contribution in [1.29, 1.82) is 5.41 Å². The molecule has 3 aromatic rings. The first kappa shape index (κ1) is 27.8. The topological polar surface area (TPSA) is 140 Å². The standard InChI is InChI=1S/C28H37N7O2/c1-17(2)32-26-23(14-30)22(27(36)31-15-24-18(3)12-19(4)33-28(24)37)13-25(34-26)21-8-6-20(7-9-21)16-35(5)11-10-29/h6-9,12-14,17,30H,10-11,15-16,29H2,1-5H3,(H,31,36)(H,32,34)(H,33,37). The SMILES string of the molecule is Cc1cc(C)c(CNC(=O)c2cc(-c3ccc(CN(C)CCN)cc3)nc(NC(C)C)c2C=N)c(=O)[nH]1. The fourth-order valence-electron chi connectivity index (χ4n) is 4.18. The molecule has 0 radical (unpaired) electrons. The van der Waals surface area contributed by atoms with Gasteiger partial charge in [-0.1, -0.05) is 24.3 Å². The summed E-state index contributed by atoms with van der Waals surface area (Å²) in [5.41, 5.74) is 10.8. The van der Waals surface area contributed by atoms with Crippen molar-refractivity contribution in [3.05, 3.63) is 80.3 Å². The molecule has 9 nitrogen and oxygen atoms in total. The molecule has 0 aliphatic heterocycles. The van der Waals surface area contributed by atoms with Crippen LogP contribution in [-0.4, -0.2) is 53.2 Å². The number of pyridine rings is 2. The largest absolute Gasteiger partial charge is 0.367 e. The third-order valence-corrected chi connectivity index (χ3v) is 6.01. The smallest absolute Gasteiger partial charge is 0.253 e. The molecular weight excluding hydrogens is 466 g/mol. The van der Waals surface area contributed by atoms with E-state index in [0.717, 1.165) is 41.7 Å². The number of benzene rings is 1. The van der Waals surface area contributed by atoms with Crippen LogP contribution in [0.4, 0.5) is 5.82 Å². The second kappa shape index (κ2) is 12.4. The van der Waals surface area contributed by atoms with Crippen LogP contribution in [-0.2, 0) is 13.1 Å². The fraction of sp³-hybridized carbons (Fsp3) is 0.357. The van der Waals surface area contributed by atoms with Gasteiger partial charge in [0.1, 0.15) is 5.82 Å². The first-order valence-electron chi connectivity index (χ1n) is 12.4. The maximum absolute atomic E-state index is 13.3. The highest BCUT2D eigenvalue weighted by Crippen LogP contribution is 2.26. The molecule has 2 heterocycles. The number of aromatic amines is 1. The maximum atomic E-state index is 13.3. The summed E-state index contributed by atoms with van der Waals surface area (Å²) in [5.74, 6) is 0.0807. The Kier molecular flexibility index (Phi) is 9.32. The number of nitrogens with zero attached hydrogens (tertiary/aromatic N) is 2. The number of rotatable bonds is 11. The first-order valence-corrected chi connectivity index (χ1v) is 12.4. The summed E-state index contributed by atoms with van der Waals surface area (Å²) in [6.07, 6.45) is 1.14. The Morgan fingerprint density at radius 3 is 2.51 bits per heavy atom. The van der Waals surface area contributed by atoms with Gasteiger partial charge in [0, 0.05) is 60.8 Å². The number of carbonyl (C=O) groups excluding carboxylic acids is 1. The maximum Gasteiger partial charge on any atom is 0.253 e. The van der Waals surface area contributed by atoms with E-state index in [2.05, 4.69) is 20.5 Å². The predicted octanol–water partition coefficient (Wildman–Crippen LogP) is 3.19. The molecule has 0 unspecified atom stereocenters. The Morgan fingerprint density at radius 1 is 1.22 bits per heavy atom. The van der Waals surface area contributed by atoms with Gasteiger partial charge in [-0.3, -0.25) is 9.59 Å². The van der Waals surface area contributed by atoms with Gasteiger partial charge < -0.3 is 31.7 Å². The van der Waals surface area contributed by atoms with Crippen LogP contribution in [0.15, 0.2) is 41.2 Å². The lowest BCUT2D eigenvalue weighted by Crippen LogP contribution is -2.29. The van der Waals surface area contributed by atoms with Gasteiger partial charge in [-0.25, -0.2) is 4.98 Å². The zero-order valence-corrected chi connectivity index (χ0v) is 22.2. The van der Waals surface area contributed by atoms with Gasteiger partial charge in [0.15, 0.2) is 0 Å². The summed E-state index contributed by atoms with van der Waals surface area (Å²) in [4.78, 5) is 35.4. The van der Waals surface area contributed by atoms with Crippen LogP contribution >= 0.6 is 0 Å². The van der Waals surface area contributed by atoms with Crippen molar-refractivity contribution in [2.24, 2.45) is 5.73 Å². The number of carbonyl (C=O) groups is 1. The fourth-order valence-corrected chi connectivity index (χ4v) is 4.18. The van der Waals surface area contributed by atoms with Crippen LogP contribution in [0.3, 0.4) is 0 Å². The highest BCUT2D eigenvalue weighted by atomic mass is 16.1. The molecule has 196 valence electrons. The van der Waals surface area contributed by atoms with E-state index in [1.54, 1.807) is 6.07 Å². The lowest BCUT2D eigenvalue weighted by atomic mass is 10.0. The highest BCUT2D eigenvalue weighted by Gasteiger charge is 2.19. The number of anilines is 1. The monoisotopic (exact) mass is 503 g/mol. The predicted molar refractivity (Wildman–Crippen MR) is 149 cm³/mol. The van der Waals surface area contributed by atoms with Gasteiger partial charge >= 0.3 is 0 Å². The molecule has 1 amide bonds. The summed E-state index contributed by atoms with van der Waals surface area (Å²) in [7, 11) is 2.03. The third kappa shape index (κ3) is 7.12. The lowest BCUT2D eigenvalue weighted by Gasteiger charge is -2.18. The van der Waals surface area contributed by atoms with E-state index in [1.807, 2.05) is 65.1 Å². The van der Waals surface area contributed by atoms with Gasteiger partial charge in [0.05, 0.1) is 11.3 Å². The van der Waals surface area contributed by atoms with E-state index in [4.69, 9.17) is 16.1 Å². The zero-order valence-electron chi connectivity index (χ0n) is 22.2. The number of amides is 1. The molecule has 0 fully saturated rings. The van der Waals surface area contributed by atoms with Crippen LogP contribution < -0.4 is 21.9 Å². The van der Waals surface area contributed by atoms with Crippen molar-refractivity contribution in [2.75, 3.05) is 25.5 Å². The second-order valence-electron chi connectivity index (χ2n) is 9.61. The van der Waals surface area contributed by atoms with Gasteiger partial charge in [-0.2, -0.15) is 0 Å². The lowest BCUT2D eigenvalue weighted by molar-refractivity contribution is 0.0950. The molecule has 37 heavy (non-hydrogen) atoms. The van der Waals surface area contributed by atoms with Crippen molar-refractivity contribution in [1.82, 2.24) is 20.2 Å². The molecule has 0 spiro atoms. The minimum Gasteiger partial charge on any atom is -0.367 e. The van der Waals surface area contributed by atoms with E-state index in [9.17, 15) is 9.59 Å². The van der Waals surface area contributed by atoms with E-state index >= 15 is 0 Å². The normalized spacial score (nSPS) is 11.1.